The minimum atomic E-state index is -4.25. The Balaban J connectivity index is 2.23. The van der Waals surface area contributed by atoms with Crippen LogP contribution in [0.2, 0.25) is 0 Å². The first-order chi connectivity index (χ1) is 11.3. The summed E-state index contributed by atoms with van der Waals surface area (Å²) in [5, 5.41) is 0. The van der Waals surface area contributed by atoms with Crippen LogP contribution in [0.1, 0.15) is 18.9 Å². The van der Waals surface area contributed by atoms with Crippen molar-refractivity contribution in [3.8, 4) is 0 Å². The summed E-state index contributed by atoms with van der Waals surface area (Å²) in [4.78, 5) is -0.111. The van der Waals surface area contributed by atoms with Gasteiger partial charge >= 0.3 is 10.2 Å². The summed E-state index contributed by atoms with van der Waals surface area (Å²) < 4.78 is 51.8. The van der Waals surface area contributed by atoms with Crippen LogP contribution in [0, 0.1) is 0 Å². The molecular weight excluding hydrogens is 348 g/mol. The normalized spacial score (nSPS) is 12.1. The van der Waals surface area contributed by atoms with Crippen molar-refractivity contribution in [2.45, 2.75) is 24.7 Å². The second kappa shape index (κ2) is 7.33. The van der Waals surface area contributed by atoms with Crippen molar-refractivity contribution in [2.75, 3.05) is 11.4 Å². The molecule has 2 aromatic rings. The molecule has 0 amide bonds. The average molecular weight is 368 g/mol. The number of nitrogens with one attached hydrogen (secondary N) is 1. The van der Waals surface area contributed by atoms with Crippen LogP contribution >= 0.6 is 0 Å². The van der Waals surface area contributed by atoms with E-state index < -0.39 is 20.2 Å². The van der Waals surface area contributed by atoms with E-state index in [1.807, 2.05) is 12.1 Å². The molecule has 0 atom stereocenters. The summed E-state index contributed by atoms with van der Waals surface area (Å²) >= 11 is 0. The van der Waals surface area contributed by atoms with E-state index in [4.69, 9.17) is 0 Å². The number of hydrogen-bond acceptors (Lipinski definition) is 4. The van der Waals surface area contributed by atoms with E-state index >= 15 is 0 Å². The van der Waals surface area contributed by atoms with Crippen LogP contribution in [-0.4, -0.2) is 23.9 Å². The zero-order valence-corrected chi connectivity index (χ0v) is 15.1. The molecule has 24 heavy (non-hydrogen) atoms. The Hall–Kier alpha value is -1.90. The SMILES string of the molecule is CCCc1ccc(N(C)S(=O)(=O)NS(=O)(=O)c2ccccc2)cc1. The van der Waals surface area contributed by atoms with Gasteiger partial charge in [0.1, 0.15) is 0 Å². The number of anilines is 1. The molecule has 8 heteroatoms. The van der Waals surface area contributed by atoms with Gasteiger partial charge in [0.25, 0.3) is 10.0 Å². The molecular formula is C16H20N2O4S2. The molecule has 0 bridgehead atoms. The van der Waals surface area contributed by atoms with Crippen LogP contribution < -0.4 is 8.43 Å². The fourth-order valence-electron chi connectivity index (χ4n) is 2.14. The van der Waals surface area contributed by atoms with Gasteiger partial charge in [-0.05, 0) is 36.2 Å². The Morgan fingerprint density at radius 1 is 0.917 bits per heavy atom. The zero-order valence-electron chi connectivity index (χ0n) is 13.5. The first kappa shape index (κ1) is 18.4. The molecule has 6 nitrogen and oxygen atoms in total. The summed E-state index contributed by atoms with van der Waals surface area (Å²) in [7, 11) is -7.11. The van der Waals surface area contributed by atoms with Crippen LogP contribution in [0.25, 0.3) is 0 Å². The third-order valence-corrected chi connectivity index (χ3v) is 7.01. The van der Waals surface area contributed by atoms with Gasteiger partial charge in [-0.25, -0.2) is 8.42 Å². The fourth-order valence-corrected chi connectivity index (χ4v) is 5.00. The van der Waals surface area contributed by atoms with Crippen molar-refractivity contribution in [3.63, 3.8) is 0 Å². The molecule has 1 N–H and O–H groups in total. The van der Waals surface area contributed by atoms with Gasteiger partial charge in [-0.3, -0.25) is 4.31 Å². The molecule has 0 saturated heterocycles. The lowest BCUT2D eigenvalue weighted by atomic mass is 10.1. The fraction of sp³-hybridized carbons (Fsp3) is 0.250. The van der Waals surface area contributed by atoms with Crippen LogP contribution in [-0.2, 0) is 26.7 Å². The van der Waals surface area contributed by atoms with Crippen LogP contribution in [0.15, 0.2) is 59.5 Å². The molecule has 0 aliphatic heterocycles. The minimum absolute atomic E-state index is 0.111. The molecule has 0 spiro atoms. The molecule has 130 valence electrons. The lowest BCUT2D eigenvalue weighted by Crippen LogP contribution is -2.41. The molecule has 0 fully saturated rings. The number of sulfonamides is 1. The van der Waals surface area contributed by atoms with Crippen LogP contribution in [0.4, 0.5) is 5.69 Å². The number of hydrogen-bond donors (Lipinski definition) is 1. The van der Waals surface area contributed by atoms with E-state index in [0.717, 1.165) is 22.7 Å². The number of benzene rings is 2. The highest BCUT2D eigenvalue weighted by Crippen LogP contribution is 2.18. The summed E-state index contributed by atoms with van der Waals surface area (Å²) in [6.07, 6.45) is 1.89. The molecule has 0 saturated carbocycles. The van der Waals surface area contributed by atoms with Gasteiger partial charge in [0.2, 0.25) is 0 Å². The third kappa shape index (κ3) is 4.34. The molecule has 0 unspecified atom stereocenters. The highest BCUT2D eigenvalue weighted by Gasteiger charge is 2.26. The van der Waals surface area contributed by atoms with Gasteiger partial charge in [0, 0.05) is 7.05 Å². The quantitative estimate of drug-likeness (QED) is 0.813. The van der Waals surface area contributed by atoms with Gasteiger partial charge in [-0.1, -0.05) is 47.8 Å². The molecule has 0 radical (unpaired) electrons. The number of rotatable bonds is 7. The van der Waals surface area contributed by atoms with Crippen molar-refractivity contribution >= 4 is 25.9 Å². The van der Waals surface area contributed by atoms with Gasteiger partial charge in [-0.15, -0.1) is 0 Å². The summed E-state index contributed by atoms with van der Waals surface area (Å²) in [6.45, 7) is 2.06. The van der Waals surface area contributed by atoms with Crippen molar-refractivity contribution in [1.82, 2.24) is 4.13 Å². The van der Waals surface area contributed by atoms with E-state index in [2.05, 4.69) is 6.92 Å². The van der Waals surface area contributed by atoms with Gasteiger partial charge in [0.15, 0.2) is 0 Å². The van der Waals surface area contributed by atoms with Crippen molar-refractivity contribution in [2.24, 2.45) is 0 Å². The predicted octanol–water partition coefficient (Wildman–Crippen LogP) is 2.30. The van der Waals surface area contributed by atoms with E-state index in [0.29, 0.717) is 5.69 Å². The third-order valence-electron chi connectivity index (χ3n) is 3.47. The van der Waals surface area contributed by atoms with Crippen molar-refractivity contribution < 1.29 is 16.8 Å². The monoisotopic (exact) mass is 368 g/mol. The van der Waals surface area contributed by atoms with Gasteiger partial charge < -0.3 is 0 Å². The van der Waals surface area contributed by atoms with Gasteiger partial charge in [-0.2, -0.15) is 8.42 Å². The molecule has 2 rings (SSSR count). The highest BCUT2D eigenvalue weighted by atomic mass is 32.3. The molecule has 0 aliphatic carbocycles. The van der Waals surface area contributed by atoms with Crippen molar-refractivity contribution in [3.05, 3.63) is 60.2 Å². The molecule has 2 aromatic carbocycles. The maximum Gasteiger partial charge on any atom is 0.314 e. The highest BCUT2D eigenvalue weighted by molar-refractivity contribution is 8.05. The first-order valence-electron chi connectivity index (χ1n) is 7.43. The first-order valence-corrected chi connectivity index (χ1v) is 10.3. The zero-order chi connectivity index (χ0) is 17.8. The summed E-state index contributed by atoms with van der Waals surface area (Å²) in [5.41, 5.74) is 1.47. The second-order valence-electron chi connectivity index (χ2n) is 5.29. The van der Waals surface area contributed by atoms with Gasteiger partial charge in [0.05, 0.1) is 10.6 Å². The maximum atomic E-state index is 12.4. The largest absolute Gasteiger partial charge is 0.314 e. The lowest BCUT2D eigenvalue weighted by Gasteiger charge is -2.20. The van der Waals surface area contributed by atoms with E-state index in [1.54, 1.807) is 22.3 Å². The Bertz CT molecular complexity index is 877. The summed E-state index contributed by atoms with van der Waals surface area (Å²) in [6, 6.07) is 14.3. The van der Waals surface area contributed by atoms with E-state index in [1.165, 1.54) is 31.3 Å². The smallest absolute Gasteiger partial charge is 0.260 e. The molecule has 0 aromatic heterocycles. The minimum Gasteiger partial charge on any atom is -0.260 e. The maximum absolute atomic E-state index is 12.4. The van der Waals surface area contributed by atoms with Crippen LogP contribution in [0.3, 0.4) is 0 Å². The van der Waals surface area contributed by atoms with E-state index in [-0.39, 0.29) is 4.90 Å². The van der Waals surface area contributed by atoms with Crippen LogP contribution in [0.5, 0.6) is 0 Å². The van der Waals surface area contributed by atoms with E-state index in [9.17, 15) is 16.8 Å². The summed E-state index contributed by atoms with van der Waals surface area (Å²) in [5.74, 6) is 0. The topological polar surface area (TPSA) is 83.6 Å². The molecule has 0 aliphatic rings. The lowest BCUT2D eigenvalue weighted by molar-refractivity contribution is 0.576. The number of nitrogens with zero attached hydrogens (tertiary/aromatic N) is 1. The molecule has 0 heterocycles. The Morgan fingerprint density at radius 2 is 1.50 bits per heavy atom. The number of aryl methyl sites for hydroxylation is 1. The Morgan fingerprint density at radius 3 is 2.04 bits per heavy atom. The second-order valence-corrected chi connectivity index (χ2v) is 8.93. The van der Waals surface area contributed by atoms with Crippen molar-refractivity contribution in [1.29, 1.82) is 0 Å². The Labute approximate surface area is 143 Å². The Kier molecular flexibility index (Phi) is 5.63. The standard InChI is InChI=1S/C16H20N2O4S2/c1-3-7-14-10-12-15(13-11-14)18(2)24(21,22)17-23(19,20)16-8-5-4-6-9-16/h4-6,8-13,17H,3,7H2,1-2H3. The predicted molar refractivity (Wildman–Crippen MR) is 94.5 cm³/mol. The average Bonchev–Trinajstić information content (AvgIpc) is 2.55.